The first-order valence-corrected chi connectivity index (χ1v) is 14.5. The van der Waals surface area contributed by atoms with Crippen LogP contribution in [0.2, 0.25) is 0 Å². The third-order valence-corrected chi connectivity index (χ3v) is 7.83. The molecule has 0 bridgehead atoms. The number of carbonyl (C=O) groups is 2. The van der Waals surface area contributed by atoms with Crippen molar-refractivity contribution in [2.45, 2.75) is 96.8 Å². The molecular weight excluding hydrogens is 480 g/mol. The Bertz CT molecular complexity index is 981. The van der Waals surface area contributed by atoms with Gasteiger partial charge in [0.1, 0.15) is 11.4 Å². The van der Waals surface area contributed by atoms with Gasteiger partial charge in [-0.05, 0) is 62.8 Å². The zero-order chi connectivity index (χ0) is 26.9. The number of benzene rings is 1. The molecule has 38 heavy (non-hydrogen) atoms. The highest BCUT2D eigenvalue weighted by atomic mass is 16.5. The zero-order valence-corrected chi connectivity index (χ0v) is 23.1. The number of aliphatic imine (C=N–C) groups is 1. The Labute approximate surface area is 227 Å². The van der Waals surface area contributed by atoms with E-state index in [-0.39, 0.29) is 24.5 Å². The molecule has 5 N–H and O–H groups in total. The van der Waals surface area contributed by atoms with E-state index in [0.29, 0.717) is 49.8 Å². The molecule has 2 heterocycles. The second kappa shape index (κ2) is 13.8. The molecule has 2 aliphatic heterocycles. The summed E-state index contributed by atoms with van der Waals surface area (Å²) in [6.45, 7) is 6.02. The van der Waals surface area contributed by atoms with E-state index in [2.05, 4.69) is 34.8 Å². The Morgan fingerprint density at radius 2 is 1.97 bits per heavy atom. The largest absolute Gasteiger partial charge is 0.491 e. The van der Waals surface area contributed by atoms with Gasteiger partial charge in [-0.1, -0.05) is 38.8 Å². The van der Waals surface area contributed by atoms with Gasteiger partial charge in [-0.2, -0.15) is 0 Å². The van der Waals surface area contributed by atoms with E-state index in [9.17, 15) is 9.59 Å². The lowest BCUT2D eigenvalue weighted by atomic mass is 9.79. The second-order valence-corrected chi connectivity index (χ2v) is 11.5. The van der Waals surface area contributed by atoms with Crippen LogP contribution in [0.15, 0.2) is 23.2 Å². The van der Waals surface area contributed by atoms with E-state index in [1.54, 1.807) is 4.90 Å². The molecule has 0 spiro atoms. The summed E-state index contributed by atoms with van der Waals surface area (Å²) in [6, 6.07) is 6.43. The van der Waals surface area contributed by atoms with E-state index in [4.69, 9.17) is 10.5 Å². The molecule has 0 aromatic heterocycles. The number of unbranched alkanes of at least 4 members (excludes halogenated alkanes) is 2. The number of piperidine rings is 1. The molecule has 2 amide bonds. The maximum atomic E-state index is 12.4. The number of para-hydroxylation sites is 1. The minimum absolute atomic E-state index is 0.0609. The van der Waals surface area contributed by atoms with Crippen LogP contribution < -0.4 is 26.4 Å². The molecule has 1 saturated carbocycles. The number of nitrogens with one attached hydrogen (secondary N) is 3. The summed E-state index contributed by atoms with van der Waals surface area (Å²) in [4.78, 5) is 31.0. The fraction of sp³-hybridized carbons (Fsp3) is 0.690. The monoisotopic (exact) mass is 526 g/mol. The zero-order valence-electron chi connectivity index (χ0n) is 23.1. The molecule has 1 aromatic rings. The highest BCUT2D eigenvalue weighted by molar-refractivity contribution is 5.89. The summed E-state index contributed by atoms with van der Waals surface area (Å²) in [7, 11) is 0. The van der Waals surface area contributed by atoms with E-state index in [0.717, 1.165) is 42.9 Å². The van der Waals surface area contributed by atoms with Gasteiger partial charge in [0, 0.05) is 31.1 Å². The van der Waals surface area contributed by atoms with Crippen LogP contribution in [0.1, 0.15) is 83.6 Å². The number of rotatable bonds is 12. The van der Waals surface area contributed by atoms with Crippen LogP contribution in [0, 0.1) is 11.8 Å². The minimum Gasteiger partial charge on any atom is -0.491 e. The molecule has 3 unspecified atom stereocenters. The van der Waals surface area contributed by atoms with Gasteiger partial charge in [-0.15, -0.1) is 0 Å². The van der Waals surface area contributed by atoms with Crippen molar-refractivity contribution in [1.29, 1.82) is 0 Å². The predicted octanol–water partition coefficient (Wildman–Crippen LogP) is 3.54. The van der Waals surface area contributed by atoms with Gasteiger partial charge in [0.25, 0.3) is 0 Å². The Hall–Kier alpha value is -2.81. The molecule has 3 aliphatic rings. The average Bonchev–Trinajstić information content (AvgIpc) is 2.90. The lowest BCUT2D eigenvalue weighted by molar-refractivity contribution is -0.123. The first-order valence-electron chi connectivity index (χ1n) is 14.5. The summed E-state index contributed by atoms with van der Waals surface area (Å²) in [5.41, 5.74) is 7.91. The quantitative estimate of drug-likeness (QED) is 0.309. The van der Waals surface area contributed by atoms with Gasteiger partial charge in [0.2, 0.25) is 11.8 Å². The van der Waals surface area contributed by atoms with Crippen LogP contribution in [-0.2, 0) is 16.1 Å². The Morgan fingerprint density at radius 3 is 2.82 bits per heavy atom. The SMILES string of the molecule is CC(C)CNC(=O)CN1Cc2cccc(OCCCCCC(=O)NC3CCC4CCCCC4N3)c2N=C1N. The maximum absolute atomic E-state index is 12.4. The third kappa shape index (κ3) is 8.09. The van der Waals surface area contributed by atoms with Crippen molar-refractivity contribution < 1.29 is 14.3 Å². The van der Waals surface area contributed by atoms with E-state index >= 15 is 0 Å². The van der Waals surface area contributed by atoms with Crippen LogP contribution in [-0.4, -0.2) is 54.6 Å². The fourth-order valence-electron chi connectivity index (χ4n) is 5.72. The van der Waals surface area contributed by atoms with Crippen molar-refractivity contribution in [3.05, 3.63) is 23.8 Å². The summed E-state index contributed by atoms with van der Waals surface area (Å²) < 4.78 is 6.04. The number of amides is 2. The molecule has 1 saturated heterocycles. The van der Waals surface area contributed by atoms with Crippen molar-refractivity contribution in [3.8, 4) is 5.75 Å². The number of guanidine groups is 1. The minimum atomic E-state index is -0.0609. The van der Waals surface area contributed by atoms with Crippen molar-refractivity contribution in [1.82, 2.24) is 20.9 Å². The topological polar surface area (TPSA) is 121 Å². The highest BCUT2D eigenvalue weighted by Gasteiger charge is 2.32. The fourth-order valence-corrected chi connectivity index (χ4v) is 5.72. The predicted molar refractivity (Wildman–Crippen MR) is 150 cm³/mol. The molecule has 1 aliphatic carbocycles. The summed E-state index contributed by atoms with van der Waals surface area (Å²) in [5.74, 6) is 2.31. The molecule has 3 atom stereocenters. The molecule has 4 rings (SSSR count). The number of carbonyl (C=O) groups excluding carboxylic acids is 2. The molecular formula is C29H46N6O3. The Kier molecular flexibility index (Phi) is 10.3. The number of fused-ring (bicyclic) bond motifs is 2. The number of nitrogens with zero attached hydrogens (tertiary/aromatic N) is 2. The van der Waals surface area contributed by atoms with Gasteiger partial charge in [-0.3, -0.25) is 14.9 Å². The maximum Gasteiger partial charge on any atom is 0.239 e. The van der Waals surface area contributed by atoms with Crippen molar-refractivity contribution in [2.75, 3.05) is 19.7 Å². The molecule has 1 aromatic carbocycles. The number of ether oxygens (including phenoxy) is 1. The van der Waals surface area contributed by atoms with Crippen LogP contribution >= 0.6 is 0 Å². The normalized spacial score (nSPS) is 22.8. The van der Waals surface area contributed by atoms with Gasteiger partial charge < -0.3 is 26.0 Å². The smallest absolute Gasteiger partial charge is 0.239 e. The van der Waals surface area contributed by atoms with Crippen LogP contribution in [0.4, 0.5) is 5.69 Å². The van der Waals surface area contributed by atoms with Gasteiger partial charge >= 0.3 is 0 Å². The van der Waals surface area contributed by atoms with Crippen LogP contribution in [0.3, 0.4) is 0 Å². The van der Waals surface area contributed by atoms with Gasteiger partial charge in [0.05, 0.1) is 19.3 Å². The Balaban J connectivity index is 1.14. The molecule has 210 valence electrons. The van der Waals surface area contributed by atoms with Gasteiger partial charge in [0.15, 0.2) is 5.96 Å². The van der Waals surface area contributed by atoms with E-state index in [1.807, 2.05) is 18.2 Å². The van der Waals surface area contributed by atoms with E-state index in [1.165, 1.54) is 32.1 Å². The number of nitrogens with two attached hydrogens (primary N) is 1. The Morgan fingerprint density at radius 1 is 1.13 bits per heavy atom. The molecule has 0 radical (unpaired) electrons. The van der Waals surface area contributed by atoms with Crippen LogP contribution in [0.5, 0.6) is 5.75 Å². The average molecular weight is 527 g/mol. The van der Waals surface area contributed by atoms with Crippen molar-refractivity contribution in [3.63, 3.8) is 0 Å². The summed E-state index contributed by atoms with van der Waals surface area (Å²) >= 11 is 0. The third-order valence-electron chi connectivity index (χ3n) is 7.83. The second-order valence-electron chi connectivity index (χ2n) is 11.5. The van der Waals surface area contributed by atoms with Crippen LogP contribution in [0.25, 0.3) is 0 Å². The first kappa shape index (κ1) is 28.2. The summed E-state index contributed by atoms with van der Waals surface area (Å²) in [6.07, 6.45) is 10.8. The standard InChI is InChI=1S/C29H46N6O3/c1-20(2)17-31-27(37)19-35-18-22-10-8-12-24(28(22)34-29(35)30)38-16-7-3-4-13-26(36)33-25-15-14-21-9-5-6-11-23(21)32-25/h8,10,12,20-21,23,25,32H,3-7,9,11,13-19H2,1-2H3,(H2,30,34)(H,31,37)(H,33,36). The van der Waals surface area contributed by atoms with Crippen molar-refractivity contribution in [2.24, 2.45) is 22.6 Å². The lowest BCUT2D eigenvalue weighted by Crippen LogP contribution is -2.56. The van der Waals surface area contributed by atoms with E-state index < -0.39 is 0 Å². The number of hydrogen-bond donors (Lipinski definition) is 4. The summed E-state index contributed by atoms with van der Waals surface area (Å²) in [5, 5.41) is 9.79. The first-order chi connectivity index (χ1) is 18.4. The highest BCUT2D eigenvalue weighted by Crippen LogP contribution is 2.35. The molecule has 2 fully saturated rings. The molecule has 9 heteroatoms. The lowest BCUT2D eigenvalue weighted by Gasteiger charge is -2.40. The van der Waals surface area contributed by atoms with Crippen molar-refractivity contribution >= 4 is 23.5 Å². The molecule has 9 nitrogen and oxygen atoms in total. The number of hydrogen-bond acceptors (Lipinski definition) is 7. The van der Waals surface area contributed by atoms with Gasteiger partial charge in [-0.25, -0.2) is 4.99 Å².